The number of rotatable bonds is 8. The highest BCUT2D eigenvalue weighted by Crippen LogP contribution is 2.25. The van der Waals surface area contributed by atoms with Gasteiger partial charge < -0.3 is 15.8 Å². The van der Waals surface area contributed by atoms with Crippen LogP contribution >= 0.6 is 11.6 Å². The quantitative estimate of drug-likeness (QED) is 0.150. The molecular formula is C39H39ClN14O. The van der Waals surface area contributed by atoms with Gasteiger partial charge in [0, 0.05) is 79.7 Å². The van der Waals surface area contributed by atoms with E-state index in [-0.39, 0.29) is 0 Å². The number of hydrogen-bond acceptors (Lipinski definition) is 13. The molecule has 0 bridgehead atoms. The second-order valence-electron chi connectivity index (χ2n) is 12.7. The molecule has 0 aliphatic rings. The number of nitrogens with one attached hydrogen (secondary N) is 1. The van der Waals surface area contributed by atoms with Gasteiger partial charge in [0.05, 0.1) is 53.5 Å². The highest BCUT2D eigenvalue weighted by Gasteiger charge is 2.08. The molecule has 3 N–H and O–H groups in total. The van der Waals surface area contributed by atoms with Gasteiger partial charge in [-0.05, 0) is 66.6 Å². The van der Waals surface area contributed by atoms with Crippen molar-refractivity contribution in [3.63, 3.8) is 0 Å². The van der Waals surface area contributed by atoms with Crippen LogP contribution in [0, 0.1) is 0 Å². The van der Waals surface area contributed by atoms with Gasteiger partial charge in [0.25, 0.3) is 0 Å². The number of nitrogen functional groups attached to an aromatic ring is 1. The number of nitrogens with two attached hydrogens (primary N) is 1. The molecule has 15 nitrogen and oxygen atoms in total. The first-order valence-corrected chi connectivity index (χ1v) is 17.4. The van der Waals surface area contributed by atoms with Crippen LogP contribution in [-0.2, 0) is 18.8 Å². The molecule has 0 spiro atoms. The third-order valence-electron chi connectivity index (χ3n) is 8.20. The number of hydrogen-bond donors (Lipinski definition) is 2. The van der Waals surface area contributed by atoms with Gasteiger partial charge >= 0.3 is 0 Å². The van der Waals surface area contributed by atoms with Crippen LogP contribution in [0.3, 0.4) is 0 Å². The minimum Gasteiger partial charge on any atom is -0.384 e. The number of allylic oxidation sites excluding steroid dienone is 1. The maximum Gasteiger partial charge on any atom is 0.154 e. The van der Waals surface area contributed by atoms with Crippen LogP contribution in [0.25, 0.3) is 49.9 Å². The average molecular weight is 755 g/mol. The topological polar surface area (TPSA) is 186 Å². The number of aryl methyl sites for hydroxylation is 2. The Bertz CT molecular complexity index is 2570. The van der Waals surface area contributed by atoms with Crippen molar-refractivity contribution in [3.05, 3.63) is 121 Å². The van der Waals surface area contributed by atoms with E-state index in [0.717, 1.165) is 61.0 Å². The van der Waals surface area contributed by atoms with E-state index in [1.807, 2.05) is 94.5 Å². The minimum absolute atomic E-state index is 0.313. The summed E-state index contributed by atoms with van der Waals surface area (Å²) in [4.78, 5) is 17.7. The minimum atomic E-state index is 0.313. The zero-order valence-corrected chi connectivity index (χ0v) is 31.7. The molecule has 0 radical (unpaired) electrons. The third-order valence-corrected chi connectivity index (χ3v) is 8.41. The molecule has 8 aromatic rings. The lowest BCUT2D eigenvalue weighted by atomic mass is 10.1. The Morgan fingerprint density at radius 3 is 1.96 bits per heavy atom. The van der Waals surface area contributed by atoms with E-state index < -0.39 is 0 Å². The molecule has 0 fully saturated rings. The lowest BCUT2D eigenvalue weighted by Crippen LogP contribution is -2.04. The summed E-state index contributed by atoms with van der Waals surface area (Å²) < 4.78 is 8.53. The second kappa shape index (κ2) is 17.4. The van der Waals surface area contributed by atoms with E-state index in [1.54, 1.807) is 41.1 Å². The normalized spacial score (nSPS) is 11.3. The molecule has 8 rings (SSSR count). The first-order chi connectivity index (χ1) is 26.5. The van der Waals surface area contributed by atoms with Crippen molar-refractivity contribution in [3.8, 4) is 22.3 Å². The Hall–Kier alpha value is -6.71. The van der Waals surface area contributed by atoms with Crippen LogP contribution in [0.2, 0.25) is 5.15 Å². The van der Waals surface area contributed by atoms with Gasteiger partial charge in [0.15, 0.2) is 5.82 Å². The van der Waals surface area contributed by atoms with Gasteiger partial charge in [0.1, 0.15) is 16.8 Å². The predicted molar refractivity (Wildman–Crippen MR) is 215 cm³/mol. The molecule has 16 heteroatoms. The molecule has 1 unspecified atom stereocenters. The molecule has 55 heavy (non-hydrogen) atoms. The number of ether oxygens (including phenoxy) is 1. The molecule has 278 valence electrons. The summed E-state index contributed by atoms with van der Waals surface area (Å²) in [5, 5.41) is 27.5. The molecule has 0 saturated carbocycles. The molecule has 8 heterocycles. The number of aromatic nitrogens is 12. The van der Waals surface area contributed by atoms with E-state index in [2.05, 4.69) is 69.3 Å². The first kappa shape index (κ1) is 38.0. The summed E-state index contributed by atoms with van der Waals surface area (Å²) in [6.45, 7) is 8.59. The van der Waals surface area contributed by atoms with Crippen LogP contribution in [0.1, 0.15) is 30.9 Å². The first-order valence-electron chi connectivity index (χ1n) is 17.0. The maximum atomic E-state index is 5.87. The fourth-order valence-electron chi connectivity index (χ4n) is 5.32. The standard InChI is InChI=1S/C19H17N7.C12H9ClN4.C8H13N3O/c1-12(2)13-7-19(25-21-9-13)24-18-5-4-16-17(23-18)6-14(8-20-16)15-10-22-26(3)11-15;1-17-7-9(6-15-17)8-4-11-10(14-5-8)2-3-12(13)16-11;1-6(5-12-2)7-3-8(9)11-10-4-7/h4-11H,1H2,2-3H3,(H,23,24,25);2-7H,1H3;3-4,6H,5H2,1-2H3,(H2,9,11). The largest absolute Gasteiger partial charge is 0.384 e. The van der Waals surface area contributed by atoms with Gasteiger partial charge in [-0.15, -0.1) is 10.2 Å². The second-order valence-corrected chi connectivity index (χ2v) is 13.1. The summed E-state index contributed by atoms with van der Waals surface area (Å²) in [6.07, 6.45) is 14.5. The van der Waals surface area contributed by atoms with Crippen molar-refractivity contribution in [2.24, 2.45) is 14.1 Å². The summed E-state index contributed by atoms with van der Waals surface area (Å²) >= 11 is 5.87. The number of pyridine rings is 4. The van der Waals surface area contributed by atoms with Crippen molar-refractivity contribution in [2.45, 2.75) is 19.8 Å². The number of halogens is 1. The number of fused-ring (bicyclic) bond motifs is 2. The van der Waals surface area contributed by atoms with Gasteiger partial charge in [-0.3, -0.25) is 19.3 Å². The lowest BCUT2D eigenvalue weighted by molar-refractivity contribution is 0.184. The summed E-state index contributed by atoms with van der Waals surface area (Å²) in [5.41, 5.74) is 15.6. The van der Waals surface area contributed by atoms with Crippen molar-refractivity contribution < 1.29 is 4.74 Å². The van der Waals surface area contributed by atoms with Gasteiger partial charge in [0.2, 0.25) is 0 Å². The molecular weight excluding hydrogens is 716 g/mol. The highest BCUT2D eigenvalue weighted by atomic mass is 35.5. The van der Waals surface area contributed by atoms with E-state index in [4.69, 9.17) is 22.1 Å². The number of methoxy groups -OCH3 is 1. The van der Waals surface area contributed by atoms with E-state index >= 15 is 0 Å². The summed E-state index contributed by atoms with van der Waals surface area (Å²) in [5.74, 6) is 2.06. The SMILES string of the molecule is C=C(C)c1cnnc(Nc2ccc3ncc(-c4cnn(C)c4)cc3n2)c1.COCC(C)c1cnnc(N)c1.Cn1cc(-c2cnc3ccc(Cl)nc3c2)cn1. The van der Waals surface area contributed by atoms with Crippen LogP contribution in [0.15, 0.2) is 105 Å². The fourth-order valence-corrected chi connectivity index (χ4v) is 5.48. The Balaban J connectivity index is 0.000000152. The van der Waals surface area contributed by atoms with Crippen molar-refractivity contribution >= 4 is 56.7 Å². The summed E-state index contributed by atoms with van der Waals surface area (Å²) in [6, 6.07) is 15.1. The van der Waals surface area contributed by atoms with E-state index in [1.165, 1.54) is 0 Å². The van der Waals surface area contributed by atoms with Crippen LogP contribution < -0.4 is 11.1 Å². The van der Waals surface area contributed by atoms with Crippen molar-refractivity contribution in [1.82, 2.24) is 59.9 Å². The molecule has 8 aromatic heterocycles. The van der Waals surface area contributed by atoms with Crippen LogP contribution in [-0.4, -0.2) is 73.6 Å². The monoisotopic (exact) mass is 754 g/mol. The zero-order valence-electron chi connectivity index (χ0n) is 31.0. The van der Waals surface area contributed by atoms with Gasteiger partial charge in [-0.1, -0.05) is 25.1 Å². The number of nitrogens with zero attached hydrogens (tertiary/aromatic N) is 12. The fraction of sp³-hybridized carbons (Fsp3) is 0.179. The Labute approximate surface area is 322 Å². The van der Waals surface area contributed by atoms with Crippen LogP contribution in [0.5, 0.6) is 0 Å². The summed E-state index contributed by atoms with van der Waals surface area (Å²) in [7, 11) is 5.44. The molecule has 0 aliphatic heterocycles. The van der Waals surface area contributed by atoms with Crippen LogP contribution in [0.4, 0.5) is 17.5 Å². The zero-order chi connectivity index (χ0) is 38.9. The van der Waals surface area contributed by atoms with E-state index in [0.29, 0.717) is 35.1 Å². The lowest BCUT2D eigenvalue weighted by Gasteiger charge is -2.09. The smallest absolute Gasteiger partial charge is 0.154 e. The van der Waals surface area contributed by atoms with Gasteiger partial charge in [-0.25, -0.2) is 9.97 Å². The molecule has 0 saturated heterocycles. The van der Waals surface area contributed by atoms with E-state index in [9.17, 15) is 0 Å². The van der Waals surface area contributed by atoms with Crippen molar-refractivity contribution in [2.75, 3.05) is 24.8 Å². The maximum absolute atomic E-state index is 5.87. The molecule has 0 aromatic carbocycles. The third kappa shape index (κ3) is 10.0. The van der Waals surface area contributed by atoms with Crippen molar-refractivity contribution in [1.29, 1.82) is 0 Å². The molecule has 0 amide bonds. The Kier molecular flexibility index (Phi) is 12.0. The predicted octanol–water partition coefficient (Wildman–Crippen LogP) is 7.09. The Morgan fingerprint density at radius 1 is 0.764 bits per heavy atom. The highest BCUT2D eigenvalue weighted by molar-refractivity contribution is 6.29. The average Bonchev–Trinajstić information content (AvgIpc) is 3.83. The van der Waals surface area contributed by atoms with Gasteiger partial charge in [-0.2, -0.15) is 20.4 Å². The Morgan fingerprint density at radius 2 is 1.38 bits per heavy atom. The molecule has 1 atom stereocenters. The number of anilines is 3. The molecule has 0 aliphatic carbocycles.